The number of aryl methyl sites for hydroxylation is 2. The summed E-state index contributed by atoms with van der Waals surface area (Å²) in [4.78, 5) is 14.0. The second-order valence-electron chi connectivity index (χ2n) is 5.94. The van der Waals surface area contributed by atoms with Crippen molar-refractivity contribution < 1.29 is 13.2 Å². The molecular formula is C16H24N2O3S. The third kappa shape index (κ3) is 4.00. The van der Waals surface area contributed by atoms with Crippen LogP contribution in [0.5, 0.6) is 0 Å². The SMILES string of the molecule is Cc1ccc(N(CCC(=O)N2CCCC2)S(C)(=O)=O)cc1C. The third-order valence-electron chi connectivity index (χ3n) is 4.17. The molecule has 2 rings (SSSR count). The number of carbonyl (C=O) groups excluding carboxylic acids is 1. The molecule has 1 heterocycles. The molecule has 0 N–H and O–H groups in total. The molecule has 0 atom stereocenters. The molecule has 5 nitrogen and oxygen atoms in total. The van der Waals surface area contributed by atoms with Crippen LogP contribution in [0.15, 0.2) is 18.2 Å². The molecule has 0 saturated carbocycles. The Morgan fingerprint density at radius 1 is 1.18 bits per heavy atom. The summed E-state index contributed by atoms with van der Waals surface area (Å²) in [5.74, 6) is 0.0370. The molecule has 1 amide bonds. The third-order valence-corrected chi connectivity index (χ3v) is 5.36. The van der Waals surface area contributed by atoms with Crippen molar-refractivity contribution in [2.24, 2.45) is 0 Å². The van der Waals surface area contributed by atoms with Gasteiger partial charge in [0.25, 0.3) is 0 Å². The fourth-order valence-electron chi connectivity index (χ4n) is 2.69. The Labute approximate surface area is 133 Å². The Morgan fingerprint density at radius 2 is 1.82 bits per heavy atom. The van der Waals surface area contributed by atoms with Crippen LogP contribution >= 0.6 is 0 Å². The summed E-state index contributed by atoms with van der Waals surface area (Å²) in [6.07, 6.45) is 3.49. The Morgan fingerprint density at radius 3 is 2.36 bits per heavy atom. The number of hydrogen-bond acceptors (Lipinski definition) is 3. The average molecular weight is 324 g/mol. The number of amides is 1. The molecule has 1 aliphatic rings. The quantitative estimate of drug-likeness (QED) is 0.833. The van der Waals surface area contributed by atoms with E-state index in [1.54, 1.807) is 6.07 Å². The van der Waals surface area contributed by atoms with Crippen LogP contribution in [0.2, 0.25) is 0 Å². The molecule has 1 fully saturated rings. The van der Waals surface area contributed by atoms with Crippen molar-refractivity contribution in [2.75, 3.05) is 30.2 Å². The molecule has 122 valence electrons. The molecule has 0 spiro atoms. The second-order valence-corrected chi connectivity index (χ2v) is 7.85. The van der Waals surface area contributed by atoms with Gasteiger partial charge in [-0.3, -0.25) is 9.10 Å². The molecular weight excluding hydrogens is 300 g/mol. The molecule has 0 radical (unpaired) electrons. The first kappa shape index (κ1) is 16.8. The van der Waals surface area contributed by atoms with E-state index < -0.39 is 10.0 Å². The standard InChI is InChI=1S/C16H24N2O3S/c1-13-6-7-15(12-14(13)2)18(22(3,20)21)11-8-16(19)17-9-4-5-10-17/h6-7,12H,4-5,8-11H2,1-3H3. The average Bonchev–Trinajstić information content (AvgIpc) is 2.95. The summed E-state index contributed by atoms with van der Waals surface area (Å²) < 4.78 is 25.5. The predicted octanol–water partition coefficient (Wildman–Crippen LogP) is 2.08. The van der Waals surface area contributed by atoms with Gasteiger partial charge in [0.15, 0.2) is 0 Å². The fourth-order valence-corrected chi connectivity index (χ4v) is 3.61. The smallest absolute Gasteiger partial charge is 0.232 e. The molecule has 1 saturated heterocycles. The van der Waals surface area contributed by atoms with Crippen molar-refractivity contribution in [1.82, 2.24) is 4.90 Å². The second kappa shape index (κ2) is 6.69. The number of rotatable bonds is 5. The predicted molar refractivity (Wildman–Crippen MR) is 88.5 cm³/mol. The van der Waals surface area contributed by atoms with Crippen LogP contribution in [-0.4, -0.2) is 45.1 Å². The number of sulfonamides is 1. The van der Waals surface area contributed by atoms with E-state index in [1.807, 2.05) is 30.9 Å². The summed E-state index contributed by atoms with van der Waals surface area (Å²) in [6.45, 7) is 5.72. The van der Waals surface area contributed by atoms with Crippen LogP contribution in [0, 0.1) is 13.8 Å². The van der Waals surface area contributed by atoms with Crippen LogP contribution < -0.4 is 4.31 Å². The van der Waals surface area contributed by atoms with Gasteiger partial charge in [0.1, 0.15) is 0 Å². The van der Waals surface area contributed by atoms with E-state index in [2.05, 4.69) is 0 Å². The van der Waals surface area contributed by atoms with E-state index in [1.165, 1.54) is 10.6 Å². The van der Waals surface area contributed by atoms with Gasteiger partial charge in [-0.05, 0) is 49.9 Å². The van der Waals surface area contributed by atoms with E-state index in [9.17, 15) is 13.2 Å². The zero-order chi connectivity index (χ0) is 16.3. The van der Waals surface area contributed by atoms with E-state index in [-0.39, 0.29) is 18.9 Å². The van der Waals surface area contributed by atoms with Gasteiger partial charge in [0, 0.05) is 26.1 Å². The first-order valence-corrected chi connectivity index (χ1v) is 9.46. The minimum Gasteiger partial charge on any atom is -0.343 e. The maximum absolute atomic E-state index is 12.1. The van der Waals surface area contributed by atoms with Gasteiger partial charge in [0.05, 0.1) is 11.9 Å². The highest BCUT2D eigenvalue weighted by molar-refractivity contribution is 7.92. The summed E-state index contributed by atoms with van der Waals surface area (Å²) >= 11 is 0. The minimum absolute atomic E-state index is 0.0370. The Bertz CT molecular complexity index is 649. The zero-order valence-corrected chi connectivity index (χ0v) is 14.3. The van der Waals surface area contributed by atoms with Crippen LogP contribution in [0.25, 0.3) is 0 Å². The highest BCUT2D eigenvalue weighted by Crippen LogP contribution is 2.22. The number of anilines is 1. The molecule has 0 aromatic heterocycles. The lowest BCUT2D eigenvalue weighted by atomic mass is 10.1. The van der Waals surface area contributed by atoms with Gasteiger partial charge in [0.2, 0.25) is 15.9 Å². The van der Waals surface area contributed by atoms with E-state index in [4.69, 9.17) is 0 Å². The Balaban J connectivity index is 2.13. The highest BCUT2D eigenvalue weighted by atomic mass is 32.2. The largest absolute Gasteiger partial charge is 0.343 e. The summed E-state index contributed by atoms with van der Waals surface area (Å²) in [6, 6.07) is 5.56. The molecule has 6 heteroatoms. The molecule has 1 aliphatic heterocycles. The molecule has 22 heavy (non-hydrogen) atoms. The lowest BCUT2D eigenvalue weighted by molar-refractivity contribution is -0.129. The Kier molecular flexibility index (Phi) is 5.11. The van der Waals surface area contributed by atoms with Crippen molar-refractivity contribution in [1.29, 1.82) is 0 Å². The first-order chi connectivity index (χ1) is 10.3. The van der Waals surface area contributed by atoms with Crippen molar-refractivity contribution in [3.8, 4) is 0 Å². The van der Waals surface area contributed by atoms with E-state index in [0.29, 0.717) is 5.69 Å². The van der Waals surface area contributed by atoms with Gasteiger partial charge in [-0.1, -0.05) is 6.07 Å². The molecule has 0 aliphatic carbocycles. The molecule has 1 aromatic rings. The van der Waals surface area contributed by atoms with Gasteiger partial charge in [-0.25, -0.2) is 8.42 Å². The summed E-state index contributed by atoms with van der Waals surface area (Å²) in [5.41, 5.74) is 2.78. The maximum Gasteiger partial charge on any atom is 0.232 e. The van der Waals surface area contributed by atoms with Gasteiger partial charge < -0.3 is 4.90 Å². The van der Waals surface area contributed by atoms with Crippen LogP contribution in [0.3, 0.4) is 0 Å². The first-order valence-electron chi connectivity index (χ1n) is 7.62. The van der Waals surface area contributed by atoms with Crippen LogP contribution in [-0.2, 0) is 14.8 Å². The van der Waals surface area contributed by atoms with Gasteiger partial charge in [-0.2, -0.15) is 0 Å². The van der Waals surface area contributed by atoms with Gasteiger partial charge in [-0.15, -0.1) is 0 Å². The lowest BCUT2D eigenvalue weighted by Gasteiger charge is -2.24. The zero-order valence-electron chi connectivity index (χ0n) is 13.5. The topological polar surface area (TPSA) is 57.7 Å². The summed E-state index contributed by atoms with van der Waals surface area (Å²) in [7, 11) is -3.40. The van der Waals surface area contributed by atoms with Crippen LogP contribution in [0.1, 0.15) is 30.4 Å². The van der Waals surface area contributed by atoms with Crippen molar-refractivity contribution in [2.45, 2.75) is 33.1 Å². The minimum atomic E-state index is -3.40. The normalized spacial score (nSPS) is 15.1. The maximum atomic E-state index is 12.1. The number of likely N-dealkylation sites (tertiary alicyclic amines) is 1. The van der Waals surface area contributed by atoms with Crippen LogP contribution in [0.4, 0.5) is 5.69 Å². The molecule has 0 unspecified atom stereocenters. The number of carbonyl (C=O) groups is 1. The van der Waals surface area contributed by atoms with E-state index in [0.717, 1.165) is 37.1 Å². The van der Waals surface area contributed by atoms with E-state index >= 15 is 0 Å². The molecule has 0 bridgehead atoms. The number of nitrogens with zero attached hydrogens (tertiary/aromatic N) is 2. The molecule has 1 aromatic carbocycles. The summed E-state index contributed by atoms with van der Waals surface area (Å²) in [5, 5.41) is 0. The fraction of sp³-hybridized carbons (Fsp3) is 0.562. The number of benzene rings is 1. The van der Waals surface area contributed by atoms with Gasteiger partial charge >= 0.3 is 0 Å². The monoisotopic (exact) mass is 324 g/mol. The number of hydrogen-bond donors (Lipinski definition) is 0. The van der Waals surface area contributed by atoms with Crippen molar-refractivity contribution in [3.05, 3.63) is 29.3 Å². The Hall–Kier alpha value is -1.56. The van der Waals surface area contributed by atoms with Crippen molar-refractivity contribution >= 4 is 21.6 Å². The highest BCUT2D eigenvalue weighted by Gasteiger charge is 2.22. The lowest BCUT2D eigenvalue weighted by Crippen LogP contribution is -2.35. The van der Waals surface area contributed by atoms with Crippen molar-refractivity contribution in [3.63, 3.8) is 0 Å².